The highest BCUT2D eigenvalue weighted by atomic mass is 32.2. The normalized spacial score (nSPS) is 17.0. The predicted molar refractivity (Wildman–Crippen MR) is 126 cm³/mol. The molecule has 0 fully saturated rings. The molecule has 0 spiro atoms. The summed E-state index contributed by atoms with van der Waals surface area (Å²) >= 11 is 1.18. The molecule has 0 saturated carbocycles. The molecule has 2 aliphatic rings. The van der Waals surface area contributed by atoms with E-state index in [0.29, 0.717) is 15.8 Å². The van der Waals surface area contributed by atoms with Crippen LogP contribution in [0, 0.1) is 25.1 Å². The van der Waals surface area contributed by atoms with Crippen molar-refractivity contribution in [2.45, 2.75) is 13.8 Å². The summed E-state index contributed by atoms with van der Waals surface area (Å²) in [6, 6.07) is 15.9. The van der Waals surface area contributed by atoms with Gasteiger partial charge in [0.2, 0.25) is 5.17 Å². The highest BCUT2D eigenvalue weighted by Crippen LogP contribution is 2.31. The van der Waals surface area contributed by atoms with E-state index >= 15 is 0 Å². The molecule has 158 valence electrons. The maximum Gasteiger partial charge on any atom is 0.283 e. The van der Waals surface area contributed by atoms with Gasteiger partial charge in [0.05, 0.1) is 5.57 Å². The Morgan fingerprint density at radius 3 is 2.66 bits per heavy atom. The van der Waals surface area contributed by atoms with E-state index in [1.165, 1.54) is 28.9 Å². The average molecular weight is 444 g/mol. The fourth-order valence-corrected chi connectivity index (χ4v) is 4.46. The number of fused-ring (bicyclic) bond motifs is 1. The number of carbonyl (C=O) groups excluding carboxylic acids is 1. The first-order valence-electron chi connectivity index (χ1n) is 9.92. The first kappa shape index (κ1) is 20.1. The van der Waals surface area contributed by atoms with Gasteiger partial charge < -0.3 is 4.57 Å². The van der Waals surface area contributed by atoms with Crippen molar-refractivity contribution >= 4 is 39.8 Å². The van der Waals surface area contributed by atoms with Crippen molar-refractivity contribution in [3.05, 3.63) is 94.6 Å². The Hall–Kier alpha value is -3.78. The summed E-state index contributed by atoms with van der Waals surface area (Å²) < 4.78 is 15.2. The van der Waals surface area contributed by atoms with E-state index < -0.39 is 5.91 Å². The van der Waals surface area contributed by atoms with Gasteiger partial charge in [-0.25, -0.2) is 4.39 Å². The molecule has 1 N–H and O–H groups in total. The first-order chi connectivity index (χ1) is 15.4. The van der Waals surface area contributed by atoms with Crippen molar-refractivity contribution in [3.8, 4) is 5.69 Å². The van der Waals surface area contributed by atoms with Gasteiger partial charge in [-0.1, -0.05) is 12.1 Å². The molecule has 1 aromatic heterocycles. The maximum atomic E-state index is 13.2. The number of thioether (sulfide) groups is 1. The van der Waals surface area contributed by atoms with Crippen molar-refractivity contribution in [2.24, 2.45) is 10.1 Å². The third-order valence-corrected chi connectivity index (χ3v) is 6.20. The van der Waals surface area contributed by atoms with Crippen LogP contribution in [-0.2, 0) is 4.79 Å². The van der Waals surface area contributed by atoms with E-state index in [9.17, 15) is 9.18 Å². The molecule has 6 nitrogen and oxygen atoms in total. The lowest BCUT2D eigenvalue weighted by molar-refractivity contribution is -0.114. The standard InChI is InChI=1S/C24H18FN5OS/c1-14-5-6-15(2)20(12-14)29-11-3-4-18(29)13-19-21(26)30-24(27-22(19)31)32-23(28-30)16-7-9-17(25)10-8-16/h3-13,26H,1-2H3/b19-13+,26-21?. The third kappa shape index (κ3) is 3.48. The Bertz CT molecular complexity index is 1370. The zero-order valence-electron chi connectivity index (χ0n) is 17.3. The van der Waals surface area contributed by atoms with Crippen molar-refractivity contribution in [2.75, 3.05) is 0 Å². The van der Waals surface area contributed by atoms with E-state index in [0.717, 1.165) is 22.5 Å². The van der Waals surface area contributed by atoms with E-state index in [1.54, 1.807) is 18.2 Å². The minimum absolute atomic E-state index is 0.0432. The Labute approximate surface area is 188 Å². The summed E-state index contributed by atoms with van der Waals surface area (Å²) in [7, 11) is 0. The summed E-state index contributed by atoms with van der Waals surface area (Å²) in [5.41, 5.74) is 4.85. The zero-order valence-corrected chi connectivity index (χ0v) is 18.2. The lowest BCUT2D eigenvalue weighted by atomic mass is 10.1. The summed E-state index contributed by atoms with van der Waals surface area (Å²) in [6.07, 6.45) is 3.60. The topological polar surface area (TPSA) is 73.8 Å². The minimum Gasteiger partial charge on any atom is -0.317 e. The summed E-state index contributed by atoms with van der Waals surface area (Å²) in [6.45, 7) is 4.06. The predicted octanol–water partition coefficient (Wildman–Crippen LogP) is 4.90. The molecule has 0 saturated heterocycles. The molecular weight excluding hydrogens is 425 g/mol. The van der Waals surface area contributed by atoms with Crippen LogP contribution in [0.2, 0.25) is 0 Å². The van der Waals surface area contributed by atoms with Crippen molar-refractivity contribution in [3.63, 3.8) is 0 Å². The number of hydrogen-bond donors (Lipinski definition) is 1. The highest BCUT2D eigenvalue weighted by Gasteiger charge is 2.36. The van der Waals surface area contributed by atoms with Crippen LogP contribution in [0.1, 0.15) is 22.4 Å². The fourth-order valence-electron chi connectivity index (χ4n) is 3.56. The largest absolute Gasteiger partial charge is 0.317 e. The Morgan fingerprint density at radius 1 is 1.09 bits per heavy atom. The molecule has 8 heteroatoms. The zero-order chi connectivity index (χ0) is 22.4. The molecule has 1 amide bonds. The summed E-state index contributed by atoms with van der Waals surface area (Å²) in [4.78, 5) is 16.9. The van der Waals surface area contributed by atoms with Gasteiger partial charge in [-0.05, 0) is 85.3 Å². The average Bonchev–Trinajstić information content (AvgIpc) is 3.40. The van der Waals surface area contributed by atoms with Crippen LogP contribution in [0.25, 0.3) is 11.8 Å². The second kappa shape index (κ2) is 7.72. The number of hydrazone groups is 1. The summed E-state index contributed by atoms with van der Waals surface area (Å²) in [5, 5.41) is 15.3. The number of rotatable bonds is 3. The molecule has 3 heterocycles. The molecule has 0 bridgehead atoms. The molecule has 5 rings (SSSR count). The van der Waals surface area contributed by atoms with Crippen molar-refractivity contribution < 1.29 is 9.18 Å². The number of halogens is 1. The quantitative estimate of drug-likeness (QED) is 0.585. The Kier molecular flexibility index (Phi) is 4.86. The lowest BCUT2D eigenvalue weighted by Gasteiger charge is -2.20. The number of amidine groups is 2. The van der Waals surface area contributed by atoms with Gasteiger partial charge in [0.25, 0.3) is 5.91 Å². The van der Waals surface area contributed by atoms with Crippen LogP contribution in [-0.4, -0.2) is 31.5 Å². The van der Waals surface area contributed by atoms with E-state index in [-0.39, 0.29) is 17.2 Å². The smallest absolute Gasteiger partial charge is 0.283 e. The number of hydrogen-bond acceptors (Lipinski definition) is 4. The van der Waals surface area contributed by atoms with Gasteiger partial charge in [0.15, 0.2) is 5.84 Å². The van der Waals surface area contributed by atoms with Crippen LogP contribution >= 0.6 is 11.8 Å². The van der Waals surface area contributed by atoms with Gasteiger partial charge in [-0.2, -0.15) is 15.1 Å². The van der Waals surface area contributed by atoms with Crippen molar-refractivity contribution in [1.29, 1.82) is 5.41 Å². The second-order valence-corrected chi connectivity index (χ2v) is 8.48. The van der Waals surface area contributed by atoms with E-state index in [4.69, 9.17) is 5.41 Å². The van der Waals surface area contributed by atoms with E-state index in [1.807, 2.05) is 36.7 Å². The molecule has 0 unspecified atom stereocenters. The molecule has 2 aromatic carbocycles. The number of amides is 1. The van der Waals surface area contributed by atoms with Crippen LogP contribution in [0.4, 0.5) is 4.39 Å². The highest BCUT2D eigenvalue weighted by molar-refractivity contribution is 8.27. The first-order valence-corrected chi connectivity index (χ1v) is 10.7. The van der Waals surface area contributed by atoms with Gasteiger partial charge in [-0.15, -0.1) is 0 Å². The monoisotopic (exact) mass is 443 g/mol. The number of nitrogens with zero attached hydrogens (tertiary/aromatic N) is 4. The molecule has 2 aliphatic heterocycles. The molecular formula is C24H18FN5OS. The van der Waals surface area contributed by atoms with Gasteiger partial charge in [0.1, 0.15) is 10.9 Å². The third-order valence-electron chi connectivity index (χ3n) is 5.24. The number of aryl methyl sites for hydroxylation is 2. The molecule has 3 aromatic rings. The maximum absolute atomic E-state index is 13.2. The molecule has 0 atom stereocenters. The number of carbonyl (C=O) groups is 1. The fraction of sp³-hybridized carbons (Fsp3) is 0.0833. The SMILES string of the molecule is Cc1ccc(C)c(-n2cccc2/C=C2\C(=N)N3N=C(c4ccc(F)cc4)SC3=NC2=O)c1. The number of aromatic nitrogens is 1. The number of nitrogens with one attached hydrogen (secondary N) is 1. The van der Waals surface area contributed by atoms with Crippen LogP contribution in [0.15, 0.2) is 76.5 Å². The minimum atomic E-state index is -0.488. The Morgan fingerprint density at radius 2 is 1.88 bits per heavy atom. The lowest BCUT2D eigenvalue weighted by Crippen LogP contribution is -2.35. The molecule has 0 radical (unpaired) electrons. The Balaban J connectivity index is 1.51. The van der Waals surface area contributed by atoms with Crippen LogP contribution in [0.3, 0.4) is 0 Å². The van der Waals surface area contributed by atoms with Gasteiger partial charge >= 0.3 is 0 Å². The second-order valence-electron chi connectivity index (χ2n) is 7.53. The van der Waals surface area contributed by atoms with Gasteiger partial charge in [-0.3, -0.25) is 10.2 Å². The molecule has 0 aliphatic carbocycles. The summed E-state index contributed by atoms with van der Waals surface area (Å²) in [5.74, 6) is -0.872. The van der Waals surface area contributed by atoms with Crippen molar-refractivity contribution in [1.82, 2.24) is 9.58 Å². The number of aliphatic imine (C=N–C) groups is 1. The molecule has 32 heavy (non-hydrogen) atoms. The van der Waals surface area contributed by atoms with Crippen LogP contribution < -0.4 is 0 Å². The van der Waals surface area contributed by atoms with Crippen LogP contribution in [0.5, 0.6) is 0 Å². The van der Waals surface area contributed by atoms with E-state index in [2.05, 4.69) is 28.3 Å². The van der Waals surface area contributed by atoms with Gasteiger partial charge in [0, 0.05) is 23.1 Å². The number of benzene rings is 2.